The zero-order valence-corrected chi connectivity index (χ0v) is 20.5. The maximum absolute atomic E-state index is 13.8. The second-order valence-electron chi connectivity index (χ2n) is 8.37. The lowest BCUT2D eigenvalue weighted by Crippen LogP contribution is -2.43. The zero-order valence-electron chi connectivity index (χ0n) is 18.9. The van der Waals surface area contributed by atoms with Gasteiger partial charge < -0.3 is 15.4 Å². The molecular formula is C26H25N3O3S2. The van der Waals surface area contributed by atoms with Crippen LogP contribution in [0.1, 0.15) is 29.2 Å². The second-order valence-corrected chi connectivity index (χ2v) is 10.6. The SMILES string of the molecule is COc1ccc2c(c1)C1=C(CCN2S(=O)(=O)c2ccc(C)cc2)C(c2ccccc2)NC(=S)N1. The summed E-state index contributed by atoms with van der Waals surface area (Å²) < 4.78 is 34.6. The number of thiocarbonyl (C=S) groups is 1. The van der Waals surface area contributed by atoms with Crippen molar-refractivity contribution in [2.24, 2.45) is 0 Å². The van der Waals surface area contributed by atoms with Crippen LogP contribution in [0.3, 0.4) is 0 Å². The van der Waals surface area contributed by atoms with E-state index in [1.165, 1.54) is 4.31 Å². The van der Waals surface area contributed by atoms with Crippen LogP contribution in [0.15, 0.2) is 83.3 Å². The van der Waals surface area contributed by atoms with Crippen LogP contribution in [-0.4, -0.2) is 27.2 Å². The number of methoxy groups -OCH3 is 1. The van der Waals surface area contributed by atoms with Gasteiger partial charge in [-0.15, -0.1) is 0 Å². The third-order valence-corrected chi connectivity index (χ3v) is 8.30. The molecule has 3 aromatic rings. The Bertz CT molecular complexity index is 1380. The van der Waals surface area contributed by atoms with Crippen molar-refractivity contribution in [1.29, 1.82) is 0 Å². The summed E-state index contributed by atoms with van der Waals surface area (Å²) >= 11 is 5.56. The maximum atomic E-state index is 13.8. The van der Waals surface area contributed by atoms with Crippen LogP contribution in [0, 0.1) is 6.92 Å². The van der Waals surface area contributed by atoms with E-state index in [-0.39, 0.29) is 10.9 Å². The number of nitrogens with one attached hydrogen (secondary N) is 2. The Kier molecular flexibility index (Phi) is 5.79. The van der Waals surface area contributed by atoms with Gasteiger partial charge in [-0.2, -0.15) is 0 Å². The van der Waals surface area contributed by atoms with Crippen molar-refractivity contribution in [3.05, 3.63) is 95.1 Å². The third kappa shape index (κ3) is 3.93. The fourth-order valence-electron chi connectivity index (χ4n) is 4.52. The van der Waals surface area contributed by atoms with Gasteiger partial charge in [-0.3, -0.25) is 4.31 Å². The van der Waals surface area contributed by atoms with Gasteiger partial charge in [-0.1, -0.05) is 48.0 Å². The van der Waals surface area contributed by atoms with E-state index in [0.29, 0.717) is 29.5 Å². The summed E-state index contributed by atoms with van der Waals surface area (Å²) in [6, 6.07) is 22.3. The molecule has 0 saturated heterocycles. The molecule has 0 amide bonds. The van der Waals surface area contributed by atoms with Crippen LogP contribution in [-0.2, 0) is 10.0 Å². The molecule has 2 N–H and O–H groups in total. The Hall–Kier alpha value is -3.36. The van der Waals surface area contributed by atoms with E-state index in [9.17, 15) is 8.42 Å². The lowest BCUT2D eigenvalue weighted by Gasteiger charge is -2.32. The van der Waals surface area contributed by atoms with Crippen LogP contribution in [0.2, 0.25) is 0 Å². The van der Waals surface area contributed by atoms with E-state index in [1.54, 1.807) is 31.4 Å². The smallest absolute Gasteiger partial charge is 0.264 e. The first kappa shape index (κ1) is 22.4. The Balaban J connectivity index is 1.68. The van der Waals surface area contributed by atoms with Crippen LogP contribution in [0.4, 0.5) is 5.69 Å². The fraction of sp³-hybridized carbons (Fsp3) is 0.192. The molecule has 0 fully saturated rings. The van der Waals surface area contributed by atoms with Gasteiger partial charge >= 0.3 is 0 Å². The van der Waals surface area contributed by atoms with Crippen molar-refractivity contribution < 1.29 is 13.2 Å². The summed E-state index contributed by atoms with van der Waals surface area (Å²) in [4.78, 5) is 0.265. The van der Waals surface area contributed by atoms with Gasteiger partial charge in [0.25, 0.3) is 10.0 Å². The van der Waals surface area contributed by atoms with Crippen molar-refractivity contribution in [1.82, 2.24) is 10.6 Å². The topological polar surface area (TPSA) is 70.7 Å². The number of aryl methyl sites for hydroxylation is 1. The maximum Gasteiger partial charge on any atom is 0.264 e. The van der Waals surface area contributed by atoms with E-state index >= 15 is 0 Å². The highest BCUT2D eigenvalue weighted by Gasteiger charge is 2.35. The summed E-state index contributed by atoms with van der Waals surface area (Å²) in [5.74, 6) is 0.641. The quantitative estimate of drug-likeness (QED) is 0.523. The Labute approximate surface area is 205 Å². The van der Waals surface area contributed by atoms with Crippen LogP contribution in [0.25, 0.3) is 5.70 Å². The summed E-state index contributed by atoms with van der Waals surface area (Å²) in [7, 11) is -2.19. The van der Waals surface area contributed by atoms with Gasteiger partial charge in [-0.25, -0.2) is 8.42 Å². The molecule has 34 heavy (non-hydrogen) atoms. The molecule has 2 heterocycles. The minimum Gasteiger partial charge on any atom is -0.497 e. The Morgan fingerprint density at radius 1 is 1.03 bits per heavy atom. The Morgan fingerprint density at radius 2 is 1.76 bits per heavy atom. The first-order valence-corrected chi connectivity index (χ1v) is 12.9. The fourth-order valence-corrected chi connectivity index (χ4v) is 6.23. The largest absolute Gasteiger partial charge is 0.497 e. The van der Waals surface area contributed by atoms with Crippen molar-refractivity contribution in [2.45, 2.75) is 24.3 Å². The van der Waals surface area contributed by atoms with E-state index in [0.717, 1.165) is 28.0 Å². The van der Waals surface area contributed by atoms with E-state index in [2.05, 4.69) is 22.8 Å². The van der Waals surface area contributed by atoms with Gasteiger partial charge in [0.1, 0.15) is 5.75 Å². The number of sulfonamides is 1. The predicted molar refractivity (Wildman–Crippen MR) is 138 cm³/mol. The van der Waals surface area contributed by atoms with Gasteiger partial charge in [0.15, 0.2) is 5.11 Å². The van der Waals surface area contributed by atoms with Gasteiger partial charge in [-0.05, 0) is 67.0 Å². The number of ether oxygens (including phenoxy) is 1. The summed E-state index contributed by atoms with van der Waals surface area (Å²) in [6.07, 6.45) is 0.527. The zero-order chi connectivity index (χ0) is 23.9. The number of nitrogens with zero attached hydrogens (tertiary/aromatic N) is 1. The molecule has 2 aliphatic rings. The molecule has 6 nitrogen and oxygen atoms in total. The first-order valence-electron chi connectivity index (χ1n) is 11.0. The van der Waals surface area contributed by atoms with Gasteiger partial charge in [0, 0.05) is 12.1 Å². The number of anilines is 1. The average Bonchev–Trinajstić information content (AvgIpc) is 3.01. The molecule has 0 radical (unpaired) electrons. The molecule has 0 saturated carbocycles. The molecular weight excluding hydrogens is 466 g/mol. The molecule has 3 aromatic carbocycles. The van der Waals surface area contributed by atoms with Crippen molar-refractivity contribution in [3.8, 4) is 5.75 Å². The molecule has 0 bridgehead atoms. The molecule has 0 spiro atoms. The molecule has 0 aliphatic carbocycles. The lowest BCUT2D eigenvalue weighted by molar-refractivity contribution is 0.414. The number of hydrogen-bond acceptors (Lipinski definition) is 4. The van der Waals surface area contributed by atoms with Crippen molar-refractivity contribution >= 4 is 38.7 Å². The molecule has 0 aromatic heterocycles. The second kappa shape index (κ2) is 8.77. The summed E-state index contributed by atoms with van der Waals surface area (Å²) in [6.45, 7) is 2.24. The first-order chi connectivity index (χ1) is 16.4. The average molecular weight is 492 g/mol. The highest BCUT2D eigenvalue weighted by atomic mass is 32.2. The number of benzene rings is 3. The lowest BCUT2D eigenvalue weighted by atomic mass is 9.91. The van der Waals surface area contributed by atoms with Crippen molar-refractivity contribution in [3.63, 3.8) is 0 Å². The minimum absolute atomic E-state index is 0.161. The van der Waals surface area contributed by atoms with Crippen LogP contribution >= 0.6 is 12.2 Å². The summed E-state index contributed by atoms with van der Waals surface area (Å²) in [5, 5.41) is 7.18. The highest BCUT2D eigenvalue weighted by molar-refractivity contribution is 7.92. The summed E-state index contributed by atoms with van der Waals surface area (Å²) in [5.41, 5.74) is 5.29. The van der Waals surface area contributed by atoms with E-state index in [1.807, 2.05) is 43.3 Å². The highest BCUT2D eigenvalue weighted by Crippen LogP contribution is 2.42. The number of fused-ring (bicyclic) bond motifs is 2. The molecule has 174 valence electrons. The van der Waals surface area contributed by atoms with Crippen molar-refractivity contribution in [2.75, 3.05) is 18.0 Å². The van der Waals surface area contributed by atoms with E-state index < -0.39 is 10.0 Å². The molecule has 1 atom stereocenters. The molecule has 5 rings (SSSR count). The standard InChI is InChI=1S/C26H25N3O3S2/c1-17-8-11-20(12-9-17)34(30,31)29-15-14-21-24(18-6-4-3-5-7-18)27-26(33)28-25(21)22-16-19(32-2)10-13-23(22)29/h3-13,16,24H,14-15H2,1-2H3,(H2,27,28,33). The number of rotatable bonds is 4. The molecule has 2 aliphatic heterocycles. The van der Waals surface area contributed by atoms with Crippen LogP contribution in [0.5, 0.6) is 5.75 Å². The van der Waals surface area contributed by atoms with E-state index in [4.69, 9.17) is 17.0 Å². The normalized spacial score (nSPS) is 17.8. The molecule has 8 heteroatoms. The van der Waals surface area contributed by atoms with Gasteiger partial charge in [0.05, 0.1) is 29.4 Å². The van der Waals surface area contributed by atoms with Gasteiger partial charge in [0.2, 0.25) is 0 Å². The minimum atomic E-state index is -3.79. The molecule has 1 unspecified atom stereocenters. The monoisotopic (exact) mass is 491 g/mol. The predicted octanol–water partition coefficient (Wildman–Crippen LogP) is 4.53. The third-order valence-electron chi connectivity index (χ3n) is 6.25. The van der Waals surface area contributed by atoms with Crippen LogP contribution < -0.4 is 19.7 Å². The number of hydrogen-bond donors (Lipinski definition) is 2. The Morgan fingerprint density at radius 3 is 2.47 bits per heavy atom.